The highest BCUT2D eigenvalue weighted by Gasteiger charge is 2.51. The van der Waals surface area contributed by atoms with Gasteiger partial charge < -0.3 is 5.73 Å². The predicted molar refractivity (Wildman–Crippen MR) is 94.9 cm³/mol. The Morgan fingerprint density at radius 2 is 1.60 bits per heavy atom. The smallest absolute Gasteiger partial charge is 0.240 e. The van der Waals surface area contributed by atoms with E-state index in [2.05, 4.69) is 10.9 Å². The van der Waals surface area contributed by atoms with Crippen LogP contribution in [0.5, 0.6) is 0 Å². The number of benzene rings is 1. The number of primary amides is 1. The van der Waals surface area contributed by atoms with Crippen LogP contribution in [0.4, 0.5) is 0 Å². The lowest BCUT2D eigenvalue weighted by Crippen LogP contribution is -2.50. The van der Waals surface area contributed by atoms with Crippen molar-refractivity contribution in [2.45, 2.75) is 51.0 Å². The van der Waals surface area contributed by atoms with Crippen molar-refractivity contribution in [3.63, 3.8) is 0 Å². The molecule has 4 aliphatic rings. The fourth-order valence-electron chi connectivity index (χ4n) is 6.01. The largest absolute Gasteiger partial charge is 0.368 e. The van der Waals surface area contributed by atoms with Crippen LogP contribution >= 0.6 is 0 Å². The molecule has 4 saturated carbocycles. The number of nitrogens with two attached hydrogens (primary N) is 1. The lowest BCUT2D eigenvalue weighted by molar-refractivity contribution is -0.131. The van der Waals surface area contributed by atoms with Crippen molar-refractivity contribution in [2.24, 2.45) is 28.9 Å². The molecule has 5 nitrogen and oxygen atoms in total. The van der Waals surface area contributed by atoms with Crippen LogP contribution < -0.4 is 16.6 Å². The number of rotatable bonds is 6. The molecule has 5 heteroatoms. The molecule has 0 aliphatic heterocycles. The van der Waals surface area contributed by atoms with Crippen LogP contribution in [0.15, 0.2) is 30.3 Å². The summed E-state index contributed by atoms with van der Waals surface area (Å²) in [6.45, 7) is 0. The summed E-state index contributed by atoms with van der Waals surface area (Å²) >= 11 is 0. The zero-order valence-electron chi connectivity index (χ0n) is 14.5. The fourth-order valence-corrected chi connectivity index (χ4v) is 6.01. The van der Waals surface area contributed by atoms with Crippen molar-refractivity contribution < 1.29 is 9.59 Å². The molecular formula is C20H27N3O2. The SMILES string of the molecule is NC(=O)[C@H](NNC(=O)CC12CC3CC(CC(C3)C1)C2)c1ccccc1. The Morgan fingerprint density at radius 3 is 2.12 bits per heavy atom. The molecule has 0 aromatic heterocycles. The van der Waals surface area contributed by atoms with Gasteiger partial charge in [-0.3, -0.25) is 15.0 Å². The second kappa shape index (κ2) is 6.45. The van der Waals surface area contributed by atoms with Gasteiger partial charge in [-0.05, 0) is 67.3 Å². The lowest BCUT2D eigenvalue weighted by atomic mass is 9.49. The number of hydrogen-bond donors (Lipinski definition) is 3. The van der Waals surface area contributed by atoms with Gasteiger partial charge in [-0.1, -0.05) is 30.3 Å². The van der Waals surface area contributed by atoms with E-state index >= 15 is 0 Å². The second-order valence-electron chi connectivity index (χ2n) is 8.53. The number of hydrazine groups is 1. The number of hydrogen-bond acceptors (Lipinski definition) is 3. The Balaban J connectivity index is 1.37. The van der Waals surface area contributed by atoms with Crippen LogP contribution in [0.3, 0.4) is 0 Å². The third kappa shape index (κ3) is 3.43. The van der Waals surface area contributed by atoms with Crippen LogP contribution in [0.2, 0.25) is 0 Å². The van der Waals surface area contributed by atoms with Gasteiger partial charge in [-0.15, -0.1) is 0 Å². The third-order valence-electron chi connectivity index (χ3n) is 6.47. The molecular weight excluding hydrogens is 314 g/mol. The molecule has 4 fully saturated rings. The summed E-state index contributed by atoms with van der Waals surface area (Å²) in [6.07, 6.45) is 8.27. The van der Waals surface area contributed by atoms with Gasteiger partial charge in [0.1, 0.15) is 6.04 Å². The summed E-state index contributed by atoms with van der Waals surface area (Å²) in [5.41, 5.74) is 12.0. The summed E-state index contributed by atoms with van der Waals surface area (Å²) in [5, 5.41) is 0. The van der Waals surface area contributed by atoms with Gasteiger partial charge in [0.25, 0.3) is 0 Å². The third-order valence-corrected chi connectivity index (χ3v) is 6.47. The quantitative estimate of drug-likeness (QED) is 0.695. The topological polar surface area (TPSA) is 84.2 Å². The molecule has 0 radical (unpaired) electrons. The maximum absolute atomic E-state index is 12.6. The Kier molecular flexibility index (Phi) is 4.28. The molecule has 4 aliphatic carbocycles. The van der Waals surface area contributed by atoms with Gasteiger partial charge in [0.05, 0.1) is 0 Å². The molecule has 0 heterocycles. The van der Waals surface area contributed by atoms with E-state index in [9.17, 15) is 9.59 Å². The van der Waals surface area contributed by atoms with E-state index in [1.165, 1.54) is 38.5 Å². The van der Waals surface area contributed by atoms with Gasteiger partial charge >= 0.3 is 0 Å². The zero-order valence-corrected chi connectivity index (χ0v) is 14.5. The molecule has 4 bridgehead atoms. The average molecular weight is 341 g/mol. The zero-order chi connectivity index (χ0) is 17.4. The van der Waals surface area contributed by atoms with Gasteiger partial charge in [-0.25, -0.2) is 5.43 Å². The highest BCUT2D eigenvalue weighted by Crippen LogP contribution is 2.61. The second-order valence-corrected chi connectivity index (χ2v) is 8.53. The van der Waals surface area contributed by atoms with Crippen LogP contribution in [0, 0.1) is 23.2 Å². The van der Waals surface area contributed by atoms with Crippen molar-refractivity contribution in [1.82, 2.24) is 10.9 Å². The van der Waals surface area contributed by atoms with E-state index in [-0.39, 0.29) is 11.3 Å². The maximum atomic E-state index is 12.6. The first-order valence-corrected chi connectivity index (χ1v) is 9.42. The molecule has 25 heavy (non-hydrogen) atoms. The first-order chi connectivity index (χ1) is 12.0. The Bertz CT molecular complexity index is 623. The predicted octanol–water partition coefficient (Wildman–Crippen LogP) is 2.44. The monoisotopic (exact) mass is 341 g/mol. The highest BCUT2D eigenvalue weighted by molar-refractivity contribution is 5.82. The number of nitrogens with one attached hydrogen (secondary N) is 2. The van der Waals surface area contributed by atoms with Crippen molar-refractivity contribution in [3.8, 4) is 0 Å². The van der Waals surface area contributed by atoms with Crippen LogP contribution in [0.25, 0.3) is 0 Å². The molecule has 0 spiro atoms. The van der Waals surface area contributed by atoms with Gasteiger partial charge in [0.2, 0.25) is 11.8 Å². The molecule has 4 N–H and O–H groups in total. The number of amides is 2. The minimum absolute atomic E-state index is 0.0240. The van der Waals surface area contributed by atoms with Crippen LogP contribution in [-0.4, -0.2) is 11.8 Å². The van der Waals surface area contributed by atoms with E-state index in [4.69, 9.17) is 5.73 Å². The van der Waals surface area contributed by atoms with Gasteiger partial charge in [-0.2, -0.15) is 0 Å². The average Bonchev–Trinajstić information content (AvgIpc) is 2.54. The Morgan fingerprint density at radius 1 is 1.04 bits per heavy atom. The molecule has 1 aromatic carbocycles. The Hall–Kier alpha value is -1.88. The van der Waals surface area contributed by atoms with Crippen molar-refractivity contribution in [3.05, 3.63) is 35.9 Å². The Labute approximate surface area is 148 Å². The highest BCUT2D eigenvalue weighted by atomic mass is 16.2. The maximum Gasteiger partial charge on any atom is 0.240 e. The normalized spacial score (nSPS) is 33.8. The van der Waals surface area contributed by atoms with Crippen LogP contribution in [-0.2, 0) is 9.59 Å². The summed E-state index contributed by atoms with van der Waals surface area (Å²) in [6, 6.07) is 8.53. The molecule has 1 aromatic rings. The minimum atomic E-state index is -0.707. The molecule has 1 atom stereocenters. The van der Waals surface area contributed by atoms with E-state index in [1.54, 1.807) is 0 Å². The van der Waals surface area contributed by atoms with Gasteiger partial charge in [0.15, 0.2) is 0 Å². The molecule has 2 amide bonds. The van der Waals surface area contributed by atoms with E-state index in [1.807, 2.05) is 30.3 Å². The standard InChI is InChI=1S/C20H27N3O2/c21-19(25)18(16-4-2-1-3-5-16)23-22-17(24)12-20-9-13-6-14(10-20)8-15(7-13)11-20/h1-5,13-15,18,23H,6-12H2,(H2,21,25)(H,22,24)/t13?,14?,15?,18-,20?/m1/s1. The van der Waals surface area contributed by atoms with E-state index in [0.29, 0.717) is 6.42 Å². The summed E-state index contributed by atoms with van der Waals surface area (Å²) in [5.74, 6) is 1.96. The minimum Gasteiger partial charge on any atom is -0.368 e. The summed E-state index contributed by atoms with van der Waals surface area (Å²) in [7, 11) is 0. The first kappa shape index (κ1) is 16.6. The van der Waals surface area contributed by atoms with Crippen molar-refractivity contribution in [1.29, 1.82) is 0 Å². The van der Waals surface area contributed by atoms with Crippen molar-refractivity contribution in [2.75, 3.05) is 0 Å². The van der Waals surface area contributed by atoms with E-state index < -0.39 is 11.9 Å². The summed E-state index contributed by atoms with van der Waals surface area (Å²) in [4.78, 5) is 24.3. The molecule has 0 saturated heterocycles. The summed E-state index contributed by atoms with van der Waals surface area (Å²) < 4.78 is 0. The van der Waals surface area contributed by atoms with Crippen LogP contribution in [0.1, 0.15) is 56.6 Å². The van der Waals surface area contributed by atoms with Gasteiger partial charge in [0, 0.05) is 6.42 Å². The lowest BCUT2D eigenvalue weighted by Gasteiger charge is -2.56. The molecule has 5 rings (SSSR count). The first-order valence-electron chi connectivity index (χ1n) is 9.42. The molecule has 134 valence electrons. The van der Waals surface area contributed by atoms with E-state index in [0.717, 1.165) is 23.3 Å². The fraction of sp³-hybridized carbons (Fsp3) is 0.600. The number of carbonyl (C=O) groups excluding carboxylic acids is 2. The molecule has 0 unspecified atom stereocenters. The number of carbonyl (C=O) groups is 2. The van der Waals surface area contributed by atoms with Crippen molar-refractivity contribution >= 4 is 11.8 Å².